The van der Waals surface area contributed by atoms with Gasteiger partial charge in [0.25, 0.3) is 0 Å². The molecule has 0 aliphatic heterocycles. The van der Waals surface area contributed by atoms with Crippen molar-refractivity contribution in [2.24, 2.45) is 0 Å². The fraction of sp³-hybridized carbons (Fsp3) is 0.417. The van der Waals surface area contributed by atoms with Crippen LogP contribution in [0.3, 0.4) is 0 Å². The molecule has 0 saturated heterocycles. The van der Waals surface area contributed by atoms with E-state index in [1.807, 2.05) is 45.0 Å². The highest BCUT2D eigenvalue weighted by atomic mass is 35.5. The molecule has 0 unspecified atom stereocenters. The van der Waals surface area contributed by atoms with Gasteiger partial charge >= 0.3 is 0 Å². The van der Waals surface area contributed by atoms with E-state index < -0.39 is 28.5 Å². The van der Waals surface area contributed by atoms with Crippen molar-refractivity contribution in [3.8, 4) is 0 Å². The van der Waals surface area contributed by atoms with Gasteiger partial charge in [-0.2, -0.15) is 0 Å². The third kappa shape index (κ3) is 8.00. The second-order valence-electron chi connectivity index (χ2n) is 8.49. The number of carbonyl (C=O) groups is 2. The molecule has 7 nitrogen and oxygen atoms in total. The van der Waals surface area contributed by atoms with Gasteiger partial charge < -0.3 is 10.2 Å². The normalized spacial score (nSPS) is 13.1. The van der Waals surface area contributed by atoms with E-state index in [0.717, 1.165) is 28.1 Å². The van der Waals surface area contributed by atoms with Crippen LogP contribution in [0.1, 0.15) is 38.3 Å². The van der Waals surface area contributed by atoms with Crippen molar-refractivity contribution < 1.29 is 18.0 Å². The zero-order valence-electron chi connectivity index (χ0n) is 20.3. The topological polar surface area (TPSA) is 86.8 Å². The molecule has 2 rings (SSSR count). The number of hydrogen-bond acceptors (Lipinski definition) is 4. The predicted molar refractivity (Wildman–Crippen MR) is 143 cm³/mol. The lowest BCUT2D eigenvalue weighted by atomic mass is 10.1. The van der Waals surface area contributed by atoms with Crippen molar-refractivity contribution in [1.29, 1.82) is 0 Å². The quantitative estimate of drug-likeness (QED) is 0.411. The number of amides is 2. The van der Waals surface area contributed by atoms with Crippen LogP contribution in [-0.4, -0.2) is 50.0 Å². The summed E-state index contributed by atoms with van der Waals surface area (Å²) in [4.78, 5) is 27.8. The third-order valence-electron chi connectivity index (χ3n) is 5.58. The van der Waals surface area contributed by atoms with Gasteiger partial charge in [-0.25, -0.2) is 8.42 Å². The van der Waals surface area contributed by atoms with Crippen molar-refractivity contribution in [3.63, 3.8) is 0 Å². The Hall–Kier alpha value is -2.00. The number of anilines is 1. The van der Waals surface area contributed by atoms with Gasteiger partial charge in [0, 0.05) is 12.6 Å². The minimum atomic E-state index is -3.95. The Kier molecular flexibility index (Phi) is 10.3. The monoisotopic (exact) mass is 561 g/mol. The van der Waals surface area contributed by atoms with E-state index in [1.165, 1.54) is 17.0 Å². The summed E-state index contributed by atoms with van der Waals surface area (Å²) in [5, 5.41) is 3.14. The molecule has 0 fully saturated rings. The van der Waals surface area contributed by atoms with Crippen LogP contribution < -0.4 is 9.62 Å². The molecule has 11 heteroatoms. The molecule has 2 aromatic carbocycles. The summed E-state index contributed by atoms with van der Waals surface area (Å²) in [5.74, 6) is -0.914. The van der Waals surface area contributed by atoms with E-state index in [2.05, 4.69) is 5.32 Å². The number of halogens is 3. The molecule has 2 amide bonds. The van der Waals surface area contributed by atoms with E-state index in [0.29, 0.717) is 0 Å². The standard InChI is InChI=1S/C24H30Cl3N3O4S/c1-6-16(3)28-24(32)17(4)29(13-18-9-7-15(2)8-10-18)23(31)14-30(35(5,33)34)22-12-20(26)19(25)11-21(22)27/h7-12,16-17H,6,13-14H2,1-5H3,(H,28,32)/t16-,17+/m1/s1. The Morgan fingerprint density at radius 3 is 2.11 bits per heavy atom. The first-order valence-electron chi connectivity index (χ1n) is 11.0. The molecule has 0 heterocycles. The summed E-state index contributed by atoms with van der Waals surface area (Å²) in [6, 6.07) is 9.20. The number of benzene rings is 2. The number of nitrogens with zero attached hydrogens (tertiary/aromatic N) is 2. The van der Waals surface area contributed by atoms with Crippen molar-refractivity contribution in [2.75, 3.05) is 17.1 Å². The highest BCUT2D eigenvalue weighted by Gasteiger charge is 2.31. The fourth-order valence-corrected chi connectivity index (χ4v) is 4.78. The maximum absolute atomic E-state index is 13.5. The van der Waals surface area contributed by atoms with Gasteiger partial charge in [0.1, 0.15) is 12.6 Å². The number of rotatable bonds is 10. The van der Waals surface area contributed by atoms with E-state index in [4.69, 9.17) is 34.8 Å². The highest BCUT2D eigenvalue weighted by Crippen LogP contribution is 2.35. The number of carbonyl (C=O) groups excluding carboxylic acids is 2. The molecule has 35 heavy (non-hydrogen) atoms. The number of hydrogen-bond donors (Lipinski definition) is 1. The molecular formula is C24H30Cl3N3O4S. The van der Waals surface area contributed by atoms with E-state index in [1.54, 1.807) is 6.92 Å². The van der Waals surface area contributed by atoms with Crippen LogP contribution in [0.5, 0.6) is 0 Å². The maximum atomic E-state index is 13.5. The van der Waals surface area contributed by atoms with Crippen molar-refractivity contribution in [3.05, 3.63) is 62.6 Å². The van der Waals surface area contributed by atoms with Gasteiger partial charge in [0.2, 0.25) is 21.8 Å². The van der Waals surface area contributed by atoms with Crippen LogP contribution in [0.2, 0.25) is 15.1 Å². The van der Waals surface area contributed by atoms with Gasteiger partial charge in [-0.05, 0) is 44.9 Å². The first kappa shape index (κ1) is 29.2. The van der Waals surface area contributed by atoms with Gasteiger partial charge in [0.05, 0.1) is 27.0 Å². The second kappa shape index (κ2) is 12.3. The molecule has 0 radical (unpaired) electrons. The number of aryl methyl sites for hydroxylation is 1. The largest absolute Gasteiger partial charge is 0.352 e. The lowest BCUT2D eigenvalue weighted by Gasteiger charge is -2.32. The van der Waals surface area contributed by atoms with Crippen LogP contribution >= 0.6 is 34.8 Å². The summed E-state index contributed by atoms with van der Waals surface area (Å²) >= 11 is 18.3. The molecule has 0 aliphatic rings. The third-order valence-corrected chi connectivity index (χ3v) is 7.73. The molecule has 0 spiro atoms. The predicted octanol–water partition coefficient (Wildman–Crippen LogP) is 5.05. The van der Waals surface area contributed by atoms with Crippen LogP contribution in [0.4, 0.5) is 5.69 Å². The second-order valence-corrected chi connectivity index (χ2v) is 11.6. The zero-order chi connectivity index (χ0) is 26.5. The first-order valence-corrected chi connectivity index (χ1v) is 14.0. The summed E-state index contributed by atoms with van der Waals surface area (Å²) < 4.78 is 26.2. The summed E-state index contributed by atoms with van der Waals surface area (Å²) in [6.45, 7) is 6.90. The van der Waals surface area contributed by atoms with Gasteiger partial charge in [-0.1, -0.05) is 71.6 Å². The molecule has 2 aromatic rings. The Morgan fingerprint density at radius 2 is 1.57 bits per heavy atom. The van der Waals surface area contributed by atoms with Crippen LogP contribution in [0.25, 0.3) is 0 Å². The summed E-state index contributed by atoms with van der Waals surface area (Å²) in [7, 11) is -3.95. The number of nitrogens with one attached hydrogen (secondary N) is 1. The van der Waals surface area contributed by atoms with Crippen molar-refractivity contribution in [1.82, 2.24) is 10.2 Å². The average molecular weight is 563 g/mol. The van der Waals surface area contributed by atoms with Gasteiger partial charge in [0.15, 0.2) is 0 Å². The van der Waals surface area contributed by atoms with Crippen molar-refractivity contribution >= 4 is 62.3 Å². The average Bonchev–Trinajstić information content (AvgIpc) is 2.78. The lowest BCUT2D eigenvalue weighted by Crippen LogP contribution is -2.52. The molecular weight excluding hydrogens is 533 g/mol. The van der Waals surface area contributed by atoms with E-state index >= 15 is 0 Å². The summed E-state index contributed by atoms with van der Waals surface area (Å²) in [6.07, 6.45) is 1.69. The van der Waals surface area contributed by atoms with E-state index in [9.17, 15) is 18.0 Å². The van der Waals surface area contributed by atoms with Crippen LogP contribution in [-0.2, 0) is 26.2 Å². The molecule has 0 aromatic heterocycles. The minimum absolute atomic E-state index is 0.0175. The highest BCUT2D eigenvalue weighted by molar-refractivity contribution is 7.92. The Balaban J connectivity index is 2.45. The van der Waals surface area contributed by atoms with Crippen LogP contribution in [0.15, 0.2) is 36.4 Å². The first-order chi connectivity index (χ1) is 16.2. The smallest absolute Gasteiger partial charge is 0.244 e. The fourth-order valence-electron chi connectivity index (χ4n) is 3.24. The minimum Gasteiger partial charge on any atom is -0.352 e. The number of sulfonamides is 1. The SMILES string of the molecule is CC[C@@H](C)NC(=O)[C@H](C)N(Cc1ccc(C)cc1)C(=O)CN(c1cc(Cl)c(Cl)cc1Cl)S(C)(=O)=O. The lowest BCUT2D eigenvalue weighted by molar-refractivity contribution is -0.139. The van der Waals surface area contributed by atoms with Gasteiger partial charge in [-0.15, -0.1) is 0 Å². The molecule has 0 aliphatic carbocycles. The van der Waals surface area contributed by atoms with E-state index in [-0.39, 0.29) is 39.2 Å². The summed E-state index contributed by atoms with van der Waals surface area (Å²) in [5.41, 5.74) is 1.86. The molecule has 2 atom stereocenters. The Bertz CT molecular complexity index is 1170. The molecule has 0 saturated carbocycles. The molecule has 1 N–H and O–H groups in total. The Morgan fingerprint density at radius 1 is 1.00 bits per heavy atom. The Labute approximate surface area is 222 Å². The van der Waals surface area contributed by atoms with Crippen LogP contribution in [0, 0.1) is 6.92 Å². The van der Waals surface area contributed by atoms with Crippen molar-refractivity contribution in [2.45, 2.75) is 52.7 Å². The zero-order valence-corrected chi connectivity index (χ0v) is 23.4. The molecule has 192 valence electrons. The van der Waals surface area contributed by atoms with Gasteiger partial charge in [-0.3, -0.25) is 13.9 Å². The molecule has 0 bridgehead atoms. The maximum Gasteiger partial charge on any atom is 0.244 e.